The minimum absolute atomic E-state index is 0.0170. The molecule has 0 aliphatic heterocycles. The fourth-order valence-corrected chi connectivity index (χ4v) is 1.88. The Morgan fingerprint density at radius 1 is 1.41 bits per heavy atom. The average Bonchev–Trinajstić information content (AvgIpc) is 2.49. The van der Waals surface area contributed by atoms with E-state index in [4.69, 9.17) is 11.6 Å². The number of halogens is 2. The van der Waals surface area contributed by atoms with E-state index in [9.17, 15) is 14.5 Å². The predicted molar refractivity (Wildman–Crippen MR) is 81.3 cm³/mol. The van der Waals surface area contributed by atoms with Crippen LogP contribution in [0.1, 0.15) is 5.56 Å². The van der Waals surface area contributed by atoms with Crippen LogP contribution in [-0.2, 0) is 6.54 Å². The average molecular weight is 325 g/mol. The molecule has 1 heterocycles. The topological polar surface area (TPSA) is 93.0 Å². The zero-order valence-corrected chi connectivity index (χ0v) is 12.1. The van der Waals surface area contributed by atoms with Crippen LogP contribution in [0.25, 0.3) is 0 Å². The Balaban J connectivity index is 2.14. The van der Waals surface area contributed by atoms with Crippen LogP contribution in [0.5, 0.6) is 0 Å². The molecule has 9 heteroatoms. The summed E-state index contributed by atoms with van der Waals surface area (Å²) in [7, 11) is 0. The van der Waals surface area contributed by atoms with Gasteiger partial charge in [-0.1, -0.05) is 17.7 Å². The van der Waals surface area contributed by atoms with Crippen LogP contribution in [0.15, 0.2) is 24.4 Å². The lowest BCUT2D eigenvalue weighted by Gasteiger charge is -2.08. The molecule has 1 aromatic heterocycles. The molecule has 1 aromatic carbocycles. The number of hydrogen-bond donors (Lipinski definition) is 2. The Bertz CT molecular complexity index is 698. The third kappa shape index (κ3) is 3.79. The van der Waals surface area contributed by atoms with Crippen molar-refractivity contribution >= 4 is 29.1 Å². The van der Waals surface area contributed by atoms with Gasteiger partial charge in [-0.2, -0.15) is 4.98 Å². The summed E-state index contributed by atoms with van der Waals surface area (Å²) in [6, 6.07) is 4.30. The van der Waals surface area contributed by atoms with Gasteiger partial charge in [-0.15, -0.1) is 0 Å². The standard InChI is InChI=1S/C13H12ClFN5O2/c1-2-16-12-11(20(21)22)7-18-13(19-12)17-6-8-3-4-10(15)9(14)5-8/h3-5,7H,1-2,6H2,(H2,16,17,18,19). The van der Waals surface area contributed by atoms with Crippen LogP contribution in [0.3, 0.4) is 0 Å². The summed E-state index contributed by atoms with van der Waals surface area (Å²) in [4.78, 5) is 18.2. The highest BCUT2D eigenvalue weighted by molar-refractivity contribution is 6.30. The van der Waals surface area contributed by atoms with Gasteiger partial charge in [-0.05, 0) is 24.6 Å². The number of anilines is 2. The SMILES string of the molecule is [CH2]CNc1nc(NCc2ccc(F)c(Cl)c2)ncc1[N+](=O)[O-]. The van der Waals surface area contributed by atoms with Gasteiger partial charge in [0.15, 0.2) is 0 Å². The molecule has 22 heavy (non-hydrogen) atoms. The van der Waals surface area contributed by atoms with Crippen molar-refractivity contribution in [3.05, 3.63) is 57.8 Å². The van der Waals surface area contributed by atoms with E-state index in [1.807, 2.05) is 0 Å². The summed E-state index contributed by atoms with van der Waals surface area (Å²) < 4.78 is 13.1. The van der Waals surface area contributed by atoms with Gasteiger partial charge in [-0.25, -0.2) is 9.37 Å². The highest BCUT2D eigenvalue weighted by Crippen LogP contribution is 2.22. The summed E-state index contributed by atoms with van der Waals surface area (Å²) in [6.07, 6.45) is 1.10. The highest BCUT2D eigenvalue weighted by Gasteiger charge is 2.16. The maximum absolute atomic E-state index is 13.1. The normalized spacial score (nSPS) is 10.3. The molecule has 0 atom stereocenters. The molecule has 0 fully saturated rings. The predicted octanol–water partition coefficient (Wildman–Crippen LogP) is 3.04. The van der Waals surface area contributed by atoms with Crippen molar-refractivity contribution in [1.29, 1.82) is 0 Å². The van der Waals surface area contributed by atoms with E-state index in [2.05, 4.69) is 27.5 Å². The third-order valence-corrected chi connectivity index (χ3v) is 2.98. The van der Waals surface area contributed by atoms with Gasteiger partial charge in [0.05, 0.1) is 9.95 Å². The summed E-state index contributed by atoms with van der Waals surface area (Å²) in [5.74, 6) is -0.226. The lowest BCUT2D eigenvalue weighted by molar-refractivity contribution is -0.384. The summed E-state index contributed by atoms with van der Waals surface area (Å²) in [5.41, 5.74) is 0.485. The first-order valence-corrected chi connectivity index (χ1v) is 6.61. The minimum atomic E-state index is -0.582. The molecule has 0 saturated heterocycles. The lowest BCUT2D eigenvalue weighted by Crippen LogP contribution is -2.09. The van der Waals surface area contributed by atoms with Gasteiger partial charge in [0.1, 0.15) is 12.0 Å². The lowest BCUT2D eigenvalue weighted by atomic mass is 10.2. The van der Waals surface area contributed by atoms with E-state index in [0.717, 1.165) is 11.8 Å². The largest absolute Gasteiger partial charge is 0.364 e. The molecule has 115 valence electrons. The van der Waals surface area contributed by atoms with E-state index in [0.29, 0.717) is 6.54 Å². The van der Waals surface area contributed by atoms with Crippen molar-refractivity contribution in [3.63, 3.8) is 0 Å². The van der Waals surface area contributed by atoms with Crippen LogP contribution in [0.2, 0.25) is 5.02 Å². The maximum Gasteiger partial charge on any atom is 0.329 e. The van der Waals surface area contributed by atoms with E-state index in [-0.39, 0.29) is 29.0 Å². The summed E-state index contributed by atoms with van der Waals surface area (Å²) >= 11 is 5.69. The monoisotopic (exact) mass is 324 g/mol. The van der Waals surface area contributed by atoms with Gasteiger partial charge < -0.3 is 10.6 Å². The number of aromatic nitrogens is 2. The van der Waals surface area contributed by atoms with Crippen molar-refractivity contribution in [2.24, 2.45) is 0 Å². The van der Waals surface area contributed by atoms with Crippen LogP contribution < -0.4 is 10.6 Å². The first kappa shape index (κ1) is 15.9. The molecule has 7 nitrogen and oxygen atoms in total. The maximum atomic E-state index is 13.1. The molecule has 2 N–H and O–H groups in total. The smallest absolute Gasteiger partial charge is 0.329 e. The van der Waals surface area contributed by atoms with Gasteiger partial charge in [0.2, 0.25) is 11.8 Å². The van der Waals surface area contributed by atoms with E-state index in [1.54, 1.807) is 6.07 Å². The van der Waals surface area contributed by atoms with Crippen molar-refractivity contribution < 1.29 is 9.31 Å². The minimum Gasteiger partial charge on any atom is -0.364 e. The Kier molecular flexibility index (Phi) is 5.05. The number of nitro groups is 1. The molecule has 0 aliphatic rings. The molecular formula is C13H12ClFN5O2. The molecule has 2 aromatic rings. The molecule has 1 radical (unpaired) electrons. The van der Waals surface area contributed by atoms with Crippen LogP contribution >= 0.6 is 11.6 Å². The van der Waals surface area contributed by atoms with Gasteiger partial charge in [0, 0.05) is 13.1 Å². The Hall–Kier alpha value is -2.48. The summed E-state index contributed by atoms with van der Waals surface area (Å²) in [6.45, 7) is 4.09. The first-order valence-electron chi connectivity index (χ1n) is 6.23. The quantitative estimate of drug-likeness (QED) is 0.626. The van der Waals surface area contributed by atoms with Crippen molar-refractivity contribution in [1.82, 2.24) is 9.97 Å². The molecule has 0 aliphatic carbocycles. The third-order valence-electron chi connectivity index (χ3n) is 2.69. The second-order valence-electron chi connectivity index (χ2n) is 4.21. The molecular weight excluding hydrogens is 313 g/mol. The fourth-order valence-electron chi connectivity index (χ4n) is 1.67. The Morgan fingerprint density at radius 2 is 2.18 bits per heavy atom. The van der Waals surface area contributed by atoms with Crippen molar-refractivity contribution in [2.45, 2.75) is 6.54 Å². The number of nitrogens with one attached hydrogen (secondary N) is 2. The number of hydrogen-bond acceptors (Lipinski definition) is 6. The van der Waals surface area contributed by atoms with Crippen LogP contribution in [-0.4, -0.2) is 21.4 Å². The van der Waals surface area contributed by atoms with E-state index < -0.39 is 10.7 Å². The van der Waals surface area contributed by atoms with E-state index >= 15 is 0 Å². The zero-order valence-electron chi connectivity index (χ0n) is 11.3. The fraction of sp³-hybridized carbons (Fsp3) is 0.154. The van der Waals surface area contributed by atoms with Crippen molar-refractivity contribution in [2.75, 3.05) is 17.2 Å². The van der Waals surface area contributed by atoms with Crippen LogP contribution in [0, 0.1) is 22.9 Å². The van der Waals surface area contributed by atoms with Crippen molar-refractivity contribution in [3.8, 4) is 0 Å². The molecule has 2 rings (SSSR count). The van der Waals surface area contributed by atoms with Gasteiger partial charge >= 0.3 is 5.69 Å². The van der Waals surface area contributed by atoms with Gasteiger partial charge in [-0.3, -0.25) is 10.1 Å². The second-order valence-corrected chi connectivity index (χ2v) is 4.62. The number of nitrogens with zero attached hydrogens (tertiary/aromatic N) is 3. The number of benzene rings is 1. The Labute approximate surface area is 130 Å². The van der Waals surface area contributed by atoms with Gasteiger partial charge in [0.25, 0.3) is 0 Å². The number of rotatable bonds is 6. The summed E-state index contributed by atoms with van der Waals surface area (Å²) in [5, 5.41) is 16.5. The molecule has 0 spiro atoms. The molecule has 0 amide bonds. The highest BCUT2D eigenvalue weighted by atomic mass is 35.5. The molecule has 0 saturated carbocycles. The second kappa shape index (κ2) is 6.99. The molecule has 0 unspecified atom stereocenters. The van der Waals surface area contributed by atoms with E-state index in [1.165, 1.54) is 12.1 Å². The molecule has 0 bridgehead atoms. The zero-order chi connectivity index (χ0) is 16.1. The van der Waals surface area contributed by atoms with Crippen LogP contribution in [0.4, 0.5) is 21.8 Å². The Morgan fingerprint density at radius 3 is 2.82 bits per heavy atom. The first-order chi connectivity index (χ1) is 10.5.